The molecule has 1 amide bonds. The number of esters is 1. The smallest absolute Gasteiger partial charge is 0.306 e. The maximum absolute atomic E-state index is 11.9. The van der Waals surface area contributed by atoms with Crippen molar-refractivity contribution in [3.63, 3.8) is 0 Å². The number of nitrogens with one attached hydrogen (secondary N) is 1. The lowest BCUT2D eigenvalue weighted by molar-refractivity contribution is -0.148. The number of amides is 1. The zero-order chi connectivity index (χ0) is 15.5. The second-order valence-electron chi connectivity index (χ2n) is 6.33. The van der Waals surface area contributed by atoms with Gasteiger partial charge >= 0.3 is 5.97 Å². The van der Waals surface area contributed by atoms with Crippen LogP contribution >= 0.6 is 22.6 Å². The lowest BCUT2D eigenvalue weighted by atomic mass is 9.86. The molecular formula is C17H20INO3. The van der Waals surface area contributed by atoms with Crippen molar-refractivity contribution in [3.05, 3.63) is 27.8 Å². The number of para-hydroxylation sites is 1. The van der Waals surface area contributed by atoms with E-state index in [0.29, 0.717) is 18.3 Å². The first-order chi connectivity index (χ1) is 10.6. The highest BCUT2D eigenvalue weighted by molar-refractivity contribution is 14.1. The van der Waals surface area contributed by atoms with Gasteiger partial charge in [0.15, 0.2) is 6.61 Å². The van der Waals surface area contributed by atoms with Crippen molar-refractivity contribution in [1.29, 1.82) is 0 Å². The number of fused-ring (bicyclic) bond motifs is 2. The monoisotopic (exact) mass is 413 g/mol. The molecule has 4 nitrogen and oxygen atoms in total. The van der Waals surface area contributed by atoms with Crippen LogP contribution in [0.5, 0.6) is 0 Å². The molecule has 1 aromatic carbocycles. The first kappa shape index (κ1) is 15.8. The van der Waals surface area contributed by atoms with Crippen LogP contribution < -0.4 is 5.32 Å². The molecule has 118 valence electrons. The Balaban J connectivity index is 1.41. The van der Waals surface area contributed by atoms with Crippen molar-refractivity contribution in [2.24, 2.45) is 17.8 Å². The summed E-state index contributed by atoms with van der Waals surface area (Å²) in [5.74, 6) is 1.48. The third-order valence-corrected chi connectivity index (χ3v) is 5.77. The molecule has 3 rings (SSSR count). The van der Waals surface area contributed by atoms with Gasteiger partial charge in [-0.3, -0.25) is 9.59 Å². The fraction of sp³-hybridized carbons (Fsp3) is 0.529. The van der Waals surface area contributed by atoms with Gasteiger partial charge in [-0.05, 0) is 71.7 Å². The fourth-order valence-corrected chi connectivity index (χ4v) is 4.32. The normalized spacial score (nSPS) is 26.0. The number of carbonyl (C=O) groups excluding carboxylic acids is 2. The summed E-state index contributed by atoms with van der Waals surface area (Å²) in [7, 11) is 0. The molecule has 3 atom stereocenters. The Morgan fingerprint density at radius 3 is 2.73 bits per heavy atom. The summed E-state index contributed by atoms with van der Waals surface area (Å²) in [5.41, 5.74) is 0.747. The van der Waals surface area contributed by atoms with E-state index < -0.39 is 0 Å². The van der Waals surface area contributed by atoms with Crippen LogP contribution in [0, 0.1) is 21.3 Å². The summed E-state index contributed by atoms with van der Waals surface area (Å²) in [6.45, 7) is -0.204. The largest absolute Gasteiger partial charge is 0.456 e. The van der Waals surface area contributed by atoms with Gasteiger partial charge < -0.3 is 10.1 Å². The summed E-state index contributed by atoms with van der Waals surface area (Å²) < 4.78 is 6.09. The van der Waals surface area contributed by atoms with Crippen molar-refractivity contribution in [2.75, 3.05) is 11.9 Å². The fourth-order valence-electron chi connectivity index (χ4n) is 3.79. The van der Waals surface area contributed by atoms with E-state index in [1.807, 2.05) is 24.3 Å². The highest BCUT2D eigenvalue weighted by Crippen LogP contribution is 2.49. The SMILES string of the molecule is O=C(COC(=O)C[C@H]1C[C@H]2CC[C@@H]1C2)Nc1ccccc1I. The second-order valence-corrected chi connectivity index (χ2v) is 7.49. The van der Waals surface area contributed by atoms with Crippen LogP contribution in [0.25, 0.3) is 0 Å². The number of halogens is 1. The Hall–Kier alpha value is -1.11. The van der Waals surface area contributed by atoms with Gasteiger partial charge in [-0.2, -0.15) is 0 Å². The Bertz CT molecular complexity index is 575. The summed E-state index contributed by atoms with van der Waals surface area (Å²) in [4.78, 5) is 23.7. The average Bonchev–Trinajstić information content (AvgIpc) is 3.10. The van der Waals surface area contributed by atoms with Crippen molar-refractivity contribution >= 4 is 40.2 Å². The number of rotatable bonds is 5. The number of anilines is 1. The van der Waals surface area contributed by atoms with E-state index in [1.165, 1.54) is 19.3 Å². The van der Waals surface area contributed by atoms with Crippen molar-refractivity contribution in [3.8, 4) is 0 Å². The Labute approximate surface area is 144 Å². The predicted molar refractivity (Wildman–Crippen MR) is 92.3 cm³/mol. The minimum atomic E-state index is -0.287. The molecule has 2 aliphatic carbocycles. The quantitative estimate of drug-likeness (QED) is 0.593. The first-order valence-corrected chi connectivity index (χ1v) is 8.89. The van der Waals surface area contributed by atoms with Gasteiger partial charge in [-0.25, -0.2) is 0 Å². The summed E-state index contributed by atoms with van der Waals surface area (Å²) in [6, 6.07) is 7.51. The lowest BCUT2D eigenvalue weighted by Gasteiger charge is -2.20. The van der Waals surface area contributed by atoms with Gasteiger partial charge in [0.1, 0.15) is 0 Å². The molecule has 0 radical (unpaired) electrons. The molecule has 1 N–H and O–H groups in total. The van der Waals surface area contributed by atoms with Gasteiger partial charge in [0.2, 0.25) is 0 Å². The maximum Gasteiger partial charge on any atom is 0.306 e. The second kappa shape index (κ2) is 6.98. The van der Waals surface area contributed by atoms with Crippen molar-refractivity contribution in [2.45, 2.75) is 32.1 Å². The molecule has 2 fully saturated rings. The van der Waals surface area contributed by atoms with Gasteiger partial charge in [0.05, 0.1) is 5.69 Å². The predicted octanol–water partition coefficient (Wildman–Crippen LogP) is 3.60. The number of carbonyl (C=O) groups is 2. The molecule has 22 heavy (non-hydrogen) atoms. The van der Waals surface area contributed by atoms with E-state index in [4.69, 9.17) is 4.74 Å². The van der Waals surface area contributed by atoms with Gasteiger partial charge in [-0.1, -0.05) is 18.6 Å². The van der Waals surface area contributed by atoms with Gasteiger partial charge in [-0.15, -0.1) is 0 Å². The number of ether oxygens (including phenoxy) is 1. The molecule has 2 aliphatic rings. The van der Waals surface area contributed by atoms with E-state index >= 15 is 0 Å². The third-order valence-electron chi connectivity index (χ3n) is 4.83. The van der Waals surface area contributed by atoms with E-state index in [9.17, 15) is 9.59 Å². The summed E-state index contributed by atoms with van der Waals surface area (Å²) in [6.07, 6.45) is 5.50. The van der Waals surface area contributed by atoms with Crippen LogP contribution in [0.15, 0.2) is 24.3 Å². The minimum Gasteiger partial charge on any atom is -0.456 e. The molecule has 2 bridgehead atoms. The van der Waals surface area contributed by atoms with Crippen molar-refractivity contribution < 1.29 is 14.3 Å². The van der Waals surface area contributed by atoms with Gasteiger partial charge in [0, 0.05) is 9.99 Å². The lowest BCUT2D eigenvalue weighted by Crippen LogP contribution is -2.23. The highest BCUT2D eigenvalue weighted by Gasteiger charge is 2.40. The summed E-state index contributed by atoms with van der Waals surface area (Å²) in [5, 5.41) is 2.76. The number of hydrogen-bond acceptors (Lipinski definition) is 3. The third kappa shape index (κ3) is 3.80. The van der Waals surface area contributed by atoms with Crippen LogP contribution in [-0.4, -0.2) is 18.5 Å². The zero-order valence-corrected chi connectivity index (χ0v) is 14.5. The molecule has 0 spiro atoms. The van der Waals surface area contributed by atoms with Crippen LogP contribution in [-0.2, 0) is 14.3 Å². The van der Waals surface area contributed by atoms with Crippen LogP contribution in [0.1, 0.15) is 32.1 Å². The molecule has 0 unspecified atom stereocenters. The van der Waals surface area contributed by atoms with Crippen LogP contribution in [0.4, 0.5) is 5.69 Å². The number of benzene rings is 1. The molecular weight excluding hydrogens is 393 g/mol. The van der Waals surface area contributed by atoms with Crippen molar-refractivity contribution in [1.82, 2.24) is 0 Å². The summed E-state index contributed by atoms with van der Waals surface area (Å²) >= 11 is 2.16. The van der Waals surface area contributed by atoms with E-state index in [1.54, 1.807) is 0 Å². The Kier molecular flexibility index (Phi) is 5.00. The van der Waals surface area contributed by atoms with E-state index in [0.717, 1.165) is 21.6 Å². The van der Waals surface area contributed by atoms with Crippen LogP contribution in [0.2, 0.25) is 0 Å². The Morgan fingerprint density at radius 1 is 1.23 bits per heavy atom. The minimum absolute atomic E-state index is 0.204. The van der Waals surface area contributed by atoms with Crippen LogP contribution in [0.3, 0.4) is 0 Å². The molecule has 0 saturated heterocycles. The molecule has 0 aromatic heterocycles. The first-order valence-electron chi connectivity index (χ1n) is 7.82. The van der Waals surface area contributed by atoms with E-state index in [2.05, 4.69) is 27.9 Å². The van der Waals surface area contributed by atoms with E-state index in [-0.39, 0.29) is 18.5 Å². The molecule has 1 aromatic rings. The molecule has 0 aliphatic heterocycles. The molecule has 2 saturated carbocycles. The molecule has 5 heteroatoms. The molecule has 0 heterocycles. The maximum atomic E-state index is 11.9. The number of hydrogen-bond donors (Lipinski definition) is 1. The standard InChI is InChI=1S/C17H20INO3/c18-14-3-1-2-4-15(14)19-16(20)10-22-17(21)9-13-8-11-5-6-12(13)7-11/h1-4,11-13H,5-10H2,(H,19,20)/t11-,12+,13+/m0/s1. The highest BCUT2D eigenvalue weighted by atomic mass is 127. The zero-order valence-electron chi connectivity index (χ0n) is 12.4. The topological polar surface area (TPSA) is 55.4 Å². The van der Waals surface area contributed by atoms with Gasteiger partial charge in [0.25, 0.3) is 5.91 Å². The average molecular weight is 413 g/mol. The Morgan fingerprint density at radius 2 is 2.05 bits per heavy atom.